The lowest BCUT2D eigenvalue weighted by molar-refractivity contribution is -0.114. The van der Waals surface area contributed by atoms with E-state index in [-0.39, 0.29) is 17.4 Å². The van der Waals surface area contributed by atoms with Crippen LogP contribution >= 0.6 is 11.8 Å². The molecular weight excluding hydrogens is 203 g/mol. The fourth-order valence-corrected chi connectivity index (χ4v) is 1.66. The highest BCUT2D eigenvalue weighted by Gasteiger charge is 2.05. The highest BCUT2D eigenvalue weighted by molar-refractivity contribution is 8.00. The molecule has 14 heavy (non-hydrogen) atoms. The largest absolute Gasteiger partial charge is 0.497 e. The normalized spacial score (nSPS) is 9.93. The van der Waals surface area contributed by atoms with Crippen LogP contribution in [0.25, 0.3) is 0 Å². The number of halogens is 1. The van der Waals surface area contributed by atoms with Gasteiger partial charge >= 0.3 is 0 Å². The van der Waals surface area contributed by atoms with Gasteiger partial charge in [0.2, 0.25) is 0 Å². The first-order chi connectivity index (χ1) is 6.63. The van der Waals surface area contributed by atoms with Crippen LogP contribution in [0.2, 0.25) is 0 Å². The van der Waals surface area contributed by atoms with Crippen LogP contribution in [0.15, 0.2) is 23.1 Å². The van der Waals surface area contributed by atoms with Crippen LogP contribution in [0.3, 0.4) is 0 Å². The van der Waals surface area contributed by atoms with E-state index in [4.69, 9.17) is 4.74 Å². The third kappa shape index (κ3) is 3.03. The van der Waals surface area contributed by atoms with Crippen molar-refractivity contribution in [2.75, 3.05) is 12.9 Å². The molecule has 0 heterocycles. The summed E-state index contributed by atoms with van der Waals surface area (Å²) in [5.74, 6) is 0.580. The van der Waals surface area contributed by atoms with Gasteiger partial charge in [-0.3, -0.25) is 4.79 Å². The molecule has 0 aliphatic heterocycles. The first-order valence-electron chi connectivity index (χ1n) is 4.09. The van der Waals surface area contributed by atoms with Gasteiger partial charge in [0.15, 0.2) is 0 Å². The number of methoxy groups -OCH3 is 1. The standard InChI is InChI=1S/C10H11FO2S/c1-7(12)6-14-10-5-8(13-2)3-4-9(10)11/h3-5H,6H2,1-2H3. The van der Waals surface area contributed by atoms with Crippen molar-refractivity contribution < 1.29 is 13.9 Å². The second kappa shape index (κ2) is 5.00. The molecule has 0 aliphatic carbocycles. The van der Waals surface area contributed by atoms with E-state index in [1.165, 1.54) is 31.9 Å². The van der Waals surface area contributed by atoms with Gasteiger partial charge in [0.25, 0.3) is 0 Å². The van der Waals surface area contributed by atoms with Crippen LogP contribution in [0, 0.1) is 5.82 Å². The van der Waals surface area contributed by atoms with Gasteiger partial charge in [-0.25, -0.2) is 4.39 Å². The average Bonchev–Trinajstić information content (AvgIpc) is 2.16. The number of ketones is 1. The maximum Gasteiger partial charge on any atom is 0.140 e. The number of Topliss-reactive ketones (excluding diaryl/α,β-unsaturated/α-hetero) is 1. The van der Waals surface area contributed by atoms with Crippen LogP contribution in [-0.2, 0) is 4.79 Å². The number of carbonyl (C=O) groups is 1. The molecule has 76 valence electrons. The second-order valence-electron chi connectivity index (χ2n) is 2.79. The summed E-state index contributed by atoms with van der Waals surface area (Å²) in [6.45, 7) is 1.48. The molecule has 0 saturated carbocycles. The number of carbonyl (C=O) groups excluding carboxylic acids is 1. The van der Waals surface area contributed by atoms with Crippen LogP contribution in [-0.4, -0.2) is 18.6 Å². The van der Waals surface area contributed by atoms with Gasteiger partial charge in [-0.1, -0.05) is 0 Å². The number of hydrogen-bond donors (Lipinski definition) is 0. The van der Waals surface area contributed by atoms with Gasteiger partial charge in [0.05, 0.1) is 12.9 Å². The first-order valence-corrected chi connectivity index (χ1v) is 5.08. The first kappa shape index (κ1) is 11.0. The minimum atomic E-state index is -0.322. The topological polar surface area (TPSA) is 26.3 Å². The third-order valence-electron chi connectivity index (χ3n) is 1.57. The molecule has 0 spiro atoms. The molecular formula is C10H11FO2S. The number of ether oxygens (including phenoxy) is 1. The van der Waals surface area contributed by atoms with Gasteiger partial charge in [-0.15, -0.1) is 11.8 Å². The van der Waals surface area contributed by atoms with Crippen molar-refractivity contribution in [2.24, 2.45) is 0 Å². The van der Waals surface area contributed by atoms with Crippen LogP contribution in [0.5, 0.6) is 5.75 Å². The Hall–Kier alpha value is -1.03. The monoisotopic (exact) mass is 214 g/mol. The fraction of sp³-hybridized carbons (Fsp3) is 0.300. The van der Waals surface area contributed by atoms with Gasteiger partial charge in [-0.05, 0) is 25.1 Å². The number of hydrogen-bond acceptors (Lipinski definition) is 3. The summed E-state index contributed by atoms with van der Waals surface area (Å²) in [5, 5.41) is 0. The molecule has 0 bridgehead atoms. The lowest BCUT2D eigenvalue weighted by atomic mass is 10.3. The third-order valence-corrected chi connectivity index (χ3v) is 2.74. The Balaban J connectivity index is 2.78. The van der Waals surface area contributed by atoms with Crippen molar-refractivity contribution in [1.82, 2.24) is 0 Å². The van der Waals surface area contributed by atoms with Crippen LogP contribution in [0.4, 0.5) is 4.39 Å². The smallest absolute Gasteiger partial charge is 0.140 e. The molecule has 1 aromatic carbocycles. The molecule has 4 heteroatoms. The maximum atomic E-state index is 13.2. The number of thioether (sulfide) groups is 1. The van der Waals surface area contributed by atoms with E-state index in [1.54, 1.807) is 12.1 Å². The Labute approximate surface area is 86.5 Å². The zero-order chi connectivity index (χ0) is 10.6. The molecule has 0 amide bonds. The van der Waals surface area contributed by atoms with Crippen molar-refractivity contribution in [3.05, 3.63) is 24.0 Å². The van der Waals surface area contributed by atoms with Crippen molar-refractivity contribution in [3.63, 3.8) is 0 Å². The van der Waals surface area contributed by atoms with E-state index in [2.05, 4.69) is 0 Å². The van der Waals surface area contributed by atoms with Crippen molar-refractivity contribution in [2.45, 2.75) is 11.8 Å². The average molecular weight is 214 g/mol. The van der Waals surface area contributed by atoms with E-state index in [0.29, 0.717) is 10.6 Å². The van der Waals surface area contributed by atoms with Gasteiger partial charge < -0.3 is 4.74 Å². The molecule has 0 saturated heterocycles. The predicted octanol–water partition coefficient (Wildman–Crippen LogP) is 2.52. The molecule has 2 nitrogen and oxygen atoms in total. The summed E-state index contributed by atoms with van der Waals surface area (Å²) in [6.07, 6.45) is 0. The highest BCUT2D eigenvalue weighted by atomic mass is 32.2. The lowest BCUT2D eigenvalue weighted by Gasteiger charge is -2.04. The number of rotatable bonds is 4. The summed E-state index contributed by atoms with van der Waals surface area (Å²) in [4.78, 5) is 11.2. The summed E-state index contributed by atoms with van der Waals surface area (Å²) < 4.78 is 18.1. The zero-order valence-corrected chi connectivity index (χ0v) is 8.86. The molecule has 1 aromatic rings. The van der Waals surface area contributed by atoms with Gasteiger partial charge in [0.1, 0.15) is 17.3 Å². The summed E-state index contributed by atoms with van der Waals surface area (Å²) in [6, 6.07) is 4.47. The Morgan fingerprint density at radius 1 is 1.57 bits per heavy atom. The van der Waals surface area contributed by atoms with E-state index in [1.807, 2.05) is 0 Å². The van der Waals surface area contributed by atoms with Crippen molar-refractivity contribution >= 4 is 17.5 Å². The quantitative estimate of drug-likeness (QED) is 0.720. The molecule has 1 rings (SSSR count). The second-order valence-corrected chi connectivity index (χ2v) is 3.80. The Kier molecular flexibility index (Phi) is 3.95. The highest BCUT2D eigenvalue weighted by Crippen LogP contribution is 2.25. The Morgan fingerprint density at radius 3 is 2.86 bits per heavy atom. The zero-order valence-electron chi connectivity index (χ0n) is 8.04. The molecule has 0 fully saturated rings. The van der Waals surface area contributed by atoms with Crippen molar-refractivity contribution in [1.29, 1.82) is 0 Å². The van der Waals surface area contributed by atoms with E-state index < -0.39 is 0 Å². The molecule has 0 radical (unpaired) electrons. The summed E-state index contributed by atoms with van der Waals surface area (Å²) in [7, 11) is 1.52. The number of benzene rings is 1. The van der Waals surface area contributed by atoms with E-state index in [9.17, 15) is 9.18 Å². The van der Waals surface area contributed by atoms with Crippen molar-refractivity contribution in [3.8, 4) is 5.75 Å². The summed E-state index contributed by atoms with van der Waals surface area (Å²) >= 11 is 1.18. The van der Waals surface area contributed by atoms with Gasteiger partial charge in [-0.2, -0.15) is 0 Å². The lowest BCUT2D eigenvalue weighted by Crippen LogP contribution is -1.94. The van der Waals surface area contributed by atoms with E-state index >= 15 is 0 Å². The van der Waals surface area contributed by atoms with Gasteiger partial charge in [0, 0.05) is 4.90 Å². The van der Waals surface area contributed by atoms with Crippen LogP contribution < -0.4 is 4.74 Å². The maximum absolute atomic E-state index is 13.2. The Bertz CT molecular complexity index is 339. The molecule has 0 aromatic heterocycles. The molecule has 0 atom stereocenters. The molecule has 0 aliphatic rings. The summed E-state index contributed by atoms with van der Waals surface area (Å²) in [5.41, 5.74) is 0. The van der Waals surface area contributed by atoms with Crippen LogP contribution in [0.1, 0.15) is 6.92 Å². The Morgan fingerprint density at radius 2 is 2.29 bits per heavy atom. The minimum absolute atomic E-state index is 0.0252. The molecule has 0 N–H and O–H groups in total. The SMILES string of the molecule is COc1ccc(F)c(SCC(C)=O)c1. The molecule has 0 unspecified atom stereocenters. The van der Waals surface area contributed by atoms with E-state index in [0.717, 1.165) is 0 Å². The minimum Gasteiger partial charge on any atom is -0.497 e. The fourth-order valence-electron chi connectivity index (χ4n) is 0.901. The predicted molar refractivity (Wildman–Crippen MR) is 54.4 cm³/mol.